The molecule has 0 heterocycles. The second-order valence-electron chi connectivity index (χ2n) is 3.81. The first-order valence-electron chi connectivity index (χ1n) is 5.66. The highest BCUT2D eigenvalue weighted by Gasteiger charge is 2.05. The fourth-order valence-electron chi connectivity index (χ4n) is 1.17. The van der Waals surface area contributed by atoms with Crippen LogP contribution in [0.4, 0.5) is 0 Å². The van der Waals surface area contributed by atoms with E-state index in [4.69, 9.17) is 5.11 Å². The summed E-state index contributed by atoms with van der Waals surface area (Å²) >= 11 is 2.00. The standard InChI is InChI=1S/C11H25NOS/c1-4-10(3)9-14-7-6-11(8-13)12-5-2/h10-13H,4-9H2,1-3H3. The lowest BCUT2D eigenvalue weighted by Gasteiger charge is -2.15. The van der Waals surface area contributed by atoms with Crippen molar-refractivity contribution in [1.29, 1.82) is 0 Å². The summed E-state index contributed by atoms with van der Waals surface area (Å²) in [6.45, 7) is 7.81. The smallest absolute Gasteiger partial charge is 0.0584 e. The summed E-state index contributed by atoms with van der Waals surface area (Å²) < 4.78 is 0. The fourth-order valence-corrected chi connectivity index (χ4v) is 2.43. The predicted molar refractivity (Wildman–Crippen MR) is 65.9 cm³/mol. The summed E-state index contributed by atoms with van der Waals surface area (Å²) in [5, 5.41) is 12.3. The summed E-state index contributed by atoms with van der Waals surface area (Å²) in [5.74, 6) is 3.23. The lowest BCUT2D eigenvalue weighted by Crippen LogP contribution is -2.32. The van der Waals surface area contributed by atoms with E-state index in [1.54, 1.807) is 0 Å². The van der Waals surface area contributed by atoms with E-state index in [9.17, 15) is 0 Å². The van der Waals surface area contributed by atoms with Gasteiger partial charge in [-0.1, -0.05) is 27.2 Å². The first-order chi connectivity index (χ1) is 6.74. The predicted octanol–water partition coefficient (Wildman–Crippen LogP) is 2.13. The zero-order valence-electron chi connectivity index (χ0n) is 9.75. The largest absolute Gasteiger partial charge is 0.395 e. The van der Waals surface area contributed by atoms with Crippen LogP contribution in [0.5, 0.6) is 0 Å². The third-order valence-corrected chi connectivity index (χ3v) is 3.75. The van der Waals surface area contributed by atoms with Crippen molar-refractivity contribution in [3.05, 3.63) is 0 Å². The summed E-state index contributed by atoms with van der Waals surface area (Å²) in [5.41, 5.74) is 0. The summed E-state index contributed by atoms with van der Waals surface area (Å²) in [4.78, 5) is 0. The van der Waals surface area contributed by atoms with Crippen molar-refractivity contribution >= 4 is 11.8 Å². The maximum absolute atomic E-state index is 9.04. The van der Waals surface area contributed by atoms with Gasteiger partial charge in [0.05, 0.1) is 6.61 Å². The van der Waals surface area contributed by atoms with E-state index in [0.717, 1.165) is 24.6 Å². The highest BCUT2D eigenvalue weighted by Crippen LogP contribution is 2.12. The average molecular weight is 219 g/mol. The van der Waals surface area contributed by atoms with Crippen molar-refractivity contribution in [2.24, 2.45) is 5.92 Å². The molecular formula is C11H25NOS. The topological polar surface area (TPSA) is 32.3 Å². The number of thioether (sulfide) groups is 1. The second kappa shape index (κ2) is 9.81. The lowest BCUT2D eigenvalue weighted by atomic mass is 10.2. The van der Waals surface area contributed by atoms with Crippen molar-refractivity contribution in [2.45, 2.75) is 39.7 Å². The van der Waals surface area contributed by atoms with E-state index in [-0.39, 0.29) is 6.61 Å². The van der Waals surface area contributed by atoms with Crippen LogP contribution in [0.25, 0.3) is 0 Å². The van der Waals surface area contributed by atoms with Gasteiger partial charge in [0.15, 0.2) is 0 Å². The van der Waals surface area contributed by atoms with Crippen molar-refractivity contribution < 1.29 is 5.11 Å². The van der Waals surface area contributed by atoms with Gasteiger partial charge in [-0.05, 0) is 30.4 Å². The maximum atomic E-state index is 9.04. The molecule has 0 saturated heterocycles. The molecule has 0 bridgehead atoms. The molecule has 0 rings (SSSR count). The molecule has 0 aromatic heterocycles. The molecule has 2 N–H and O–H groups in total. The highest BCUT2D eigenvalue weighted by atomic mass is 32.2. The van der Waals surface area contributed by atoms with Gasteiger partial charge in [0.2, 0.25) is 0 Å². The molecule has 0 aromatic rings. The molecule has 0 aliphatic carbocycles. The average Bonchev–Trinajstić information content (AvgIpc) is 2.22. The second-order valence-corrected chi connectivity index (χ2v) is 4.96. The van der Waals surface area contributed by atoms with Crippen LogP contribution in [0.15, 0.2) is 0 Å². The Hall–Kier alpha value is 0.270. The molecule has 0 amide bonds. The number of hydrogen-bond acceptors (Lipinski definition) is 3. The molecule has 3 heteroatoms. The minimum atomic E-state index is 0.262. The van der Waals surface area contributed by atoms with Crippen LogP contribution >= 0.6 is 11.8 Å². The molecule has 86 valence electrons. The monoisotopic (exact) mass is 219 g/mol. The normalized spacial score (nSPS) is 15.4. The summed E-state index contributed by atoms with van der Waals surface area (Å²) in [6, 6.07) is 0.296. The van der Waals surface area contributed by atoms with Gasteiger partial charge >= 0.3 is 0 Å². The maximum Gasteiger partial charge on any atom is 0.0584 e. The van der Waals surface area contributed by atoms with E-state index in [1.807, 2.05) is 11.8 Å². The molecular weight excluding hydrogens is 194 g/mol. The van der Waals surface area contributed by atoms with Crippen molar-refractivity contribution in [1.82, 2.24) is 5.32 Å². The zero-order valence-corrected chi connectivity index (χ0v) is 10.6. The van der Waals surface area contributed by atoms with E-state index in [0.29, 0.717) is 6.04 Å². The Labute approximate surface area is 92.9 Å². The van der Waals surface area contributed by atoms with Gasteiger partial charge in [-0.25, -0.2) is 0 Å². The Morgan fingerprint density at radius 1 is 1.36 bits per heavy atom. The zero-order chi connectivity index (χ0) is 10.8. The van der Waals surface area contributed by atoms with Crippen LogP contribution in [0, 0.1) is 5.92 Å². The first kappa shape index (κ1) is 14.3. The Morgan fingerprint density at radius 2 is 2.07 bits per heavy atom. The van der Waals surface area contributed by atoms with Gasteiger partial charge in [0, 0.05) is 6.04 Å². The highest BCUT2D eigenvalue weighted by molar-refractivity contribution is 7.99. The van der Waals surface area contributed by atoms with Crippen LogP contribution in [0.2, 0.25) is 0 Å². The SMILES string of the molecule is CCNC(CO)CCSCC(C)CC. The summed E-state index contributed by atoms with van der Waals surface area (Å²) in [6.07, 6.45) is 2.34. The Kier molecular flexibility index (Phi) is 10.0. The molecule has 0 aliphatic heterocycles. The molecule has 2 atom stereocenters. The minimum absolute atomic E-state index is 0.262. The van der Waals surface area contributed by atoms with E-state index in [2.05, 4.69) is 26.1 Å². The van der Waals surface area contributed by atoms with Crippen LogP contribution in [-0.4, -0.2) is 35.8 Å². The third-order valence-electron chi connectivity index (χ3n) is 2.42. The van der Waals surface area contributed by atoms with E-state index >= 15 is 0 Å². The number of aliphatic hydroxyl groups is 1. The van der Waals surface area contributed by atoms with Crippen molar-refractivity contribution in [3.63, 3.8) is 0 Å². The molecule has 0 saturated carbocycles. The minimum Gasteiger partial charge on any atom is -0.395 e. The van der Waals surface area contributed by atoms with Crippen LogP contribution in [0.1, 0.15) is 33.6 Å². The Balaban J connectivity index is 3.32. The quantitative estimate of drug-likeness (QED) is 0.583. The van der Waals surface area contributed by atoms with Crippen LogP contribution < -0.4 is 5.32 Å². The molecule has 2 nitrogen and oxygen atoms in total. The van der Waals surface area contributed by atoms with Gasteiger partial charge < -0.3 is 10.4 Å². The number of aliphatic hydroxyl groups excluding tert-OH is 1. The molecule has 0 spiro atoms. The summed E-state index contributed by atoms with van der Waals surface area (Å²) in [7, 11) is 0. The number of likely N-dealkylation sites (N-methyl/N-ethyl adjacent to an activating group) is 1. The van der Waals surface area contributed by atoms with Crippen LogP contribution in [-0.2, 0) is 0 Å². The molecule has 0 radical (unpaired) electrons. The molecule has 0 aromatic carbocycles. The van der Waals surface area contributed by atoms with E-state index < -0.39 is 0 Å². The molecule has 14 heavy (non-hydrogen) atoms. The number of rotatable bonds is 9. The van der Waals surface area contributed by atoms with Gasteiger partial charge in [0.25, 0.3) is 0 Å². The van der Waals surface area contributed by atoms with Crippen LogP contribution in [0.3, 0.4) is 0 Å². The van der Waals surface area contributed by atoms with Crippen molar-refractivity contribution in [2.75, 3.05) is 24.7 Å². The third kappa shape index (κ3) is 7.65. The Morgan fingerprint density at radius 3 is 2.57 bits per heavy atom. The number of nitrogens with one attached hydrogen (secondary N) is 1. The molecule has 0 fully saturated rings. The molecule has 0 aliphatic rings. The first-order valence-corrected chi connectivity index (χ1v) is 6.82. The van der Waals surface area contributed by atoms with Gasteiger partial charge in [0.1, 0.15) is 0 Å². The van der Waals surface area contributed by atoms with Gasteiger partial charge in [-0.2, -0.15) is 11.8 Å². The Bertz CT molecular complexity index is 122. The molecule has 2 unspecified atom stereocenters. The fraction of sp³-hybridized carbons (Fsp3) is 1.00. The van der Waals surface area contributed by atoms with Gasteiger partial charge in [-0.3, -0.25) is 0 Å². The van der Waals surface area contributed by atoms with Gasteiger partial charge in [-0.15, -0.1) is 0 Å². The lowest BCUT2D eigenvalue weighted by molar-refractivity contribution is 0.242. The van der Waals surface area contributed by atoms with Crippen molar-refractivity contribution in [3.8, 4) is 0 Å². The number of hydrogen-bond donors (Lipinski definition) is 2. The van der Waals surface area contributed by atoms with E-state index in [1.165, 1.54) is 12.2 Å².